The highest BCUT2D eigenvalue weighted by atomic mass is 16.6. The molecule has 0 aliphatic heterocycles. The van der Waals surface area contributed by atoms with Crippen molar-refractivity contribution >= 4 is 22.8 Å². The number of hydrogen-bond acceptors (Lipinski definition) is 7. The van der Waals surface area contributed by atoms with Gasteiger partial charge in [-0.3, -0.25) is 4.79 Å². The van der Waals surface area contributed by atoms with Gasteiger partial charge in [0.2, 0.25) is 0 Å². The molecule has 3 aromatic rings. The fourth-order valence-electron chi connectivity index (χ4n) is 2.44. The lowest BCUT2D eigenvalue weighted by atomic mass is 10.2. The highest BCUT2D eigenvalue weighted by Gasteiger charge is 2.19. The minimum Gasteiger partial charge on any atom is -0.478 e. The molecule has 0 spiro atoms. The Morgan fingerprint density at radius 3 is 2.85 bits per heavy atom. The summed E-state index contributed by atoms with van der Waals surface area (Å²) in [5.41, 5.74) is 0.865. The summed E-state index contributed by atoms with van der Waals surface area (Å²) in [5.74, 6) is 0.624. The molecule has 1 atom stereocenters. The van der Waals surface area contributed by atoms with Gasteiger partial charge in [-0.05, 0) is 26.0 Å². The molecule has 0 radical (unpaired) electrons. The van der Waals surface area contributed by atoms with E-state index >= 15 is 0 Å². The number of methoxy groups -OCH3 is 1. The van der Waals surface area contributed by atoms with Gasteiger partial charge in [0.1, 0.15) is 17.1 Å². The molecule has 2 aromatic heterocycles. The van der Waals surface area contributed by atoms with E-state index in [9.17, 15) is 9.59 Å². The van der Waals surface area contributed by atoms with E-state index in [4.69, 9.17) is 13.7 Å². The second-order valence-corrected chi connectivity index (χ2v) is 5.68. The van der Waals surface area contributed by atoms with Crippen LogP contribution < -0.4 is 10.1 Å². The van der Waals surface area contributed by atoms with E-state index in [0.29, 0.717) is 28.4 Å². The lowest BCUT2D eigenvalue weighted by Gasteiger charge is -2.10. The van der Waals surface area contributed by atoms with Gasteiger partial charge in [-0.2, -0.15) is 0 Å². The first-order chi connectivity index (χ1) is 12.5. The molecule has 1 amide bonds. The number of fused-ring (bicyclic) bond motifs is 1. The fourth-order valence-corrected chi connectivity index (χ4v) is 2.44. The summed E-state index contributed by atoms with van der Waals surface area (Å²) in [7, 11) is 1.29. The monoisotopic (exact) mass is 358 g/mol. The molecule has 1 unspecified atom stereocenters. The molecule has 2 heterocycles. The van der Waals surface area contributed by atoms with Crippen molar-refractivity contribution in [3.05, 3.63) is 47.5 Å². The Balaban J connectivity index is 1.79. The third-order valence-corrected chi connectivity index (χ3v) is 3.87. The van der Waals surface area contributed by atoms with Crippen LogP contribution >= 0.6 is 0 Å². The summed E-state index contributed by atoms with van der Waals surface area (Å²) < 4.78 is 20.8. The van der Waals surface area contributed by atoms with Crippen LogP contribution in [0.1, 0.15) is 34.8 Å². The van der Waals surface area contributed by atoms with Gasteiger partial charge in [-0.15, -0.1) is 0 Å². The van der Waals surface area contributed by atoms with E-state index in [-0.39, 0.29) is 12.5 Å². The van der Waals surface area contributed by atoms with Crippen molar-refractivity contribution in [2.24, 2.45) is 0 Å². The number of nitrogens with one attached hydrogen (secondary N) is 1. The molecule has 0 saturated heterocycles. The van der Waals surface area contributed by atoms with Crippen LogP contribution in [0, 0.1) is 6.92 Å². The maximum atomic E-state index is 12.3. The number of carbonyl (C=O) groups is 2. The summed E-state index contributed by atoms with van der Waals surface area (Å²) >= 11 is 0. The standard InChI is InChI=1S/C18H18N2O6/c1-10(20-18(22)13-8-19-26-11(13)2)15-7-12-5-4-6-14(17(12)25-15)24-9-16(21)23-3/h4-8,10H,9H2,1-3H3,(H,20,22). The summed E-state index contributed by atoms with van der Waals surface area (Å²) in [6.07, 6.45) is 1.37. The zero-order valence-corrected chi connectivity index (χ0v) is 14.6. The lowest BCUT2D eigenvalue weighted by Crippen LogP contribution is -2.26. The molecule has 136 valence electrons. The van der Waals surface area contributed by atoms with Crippen LogP contribution in [-0.2, 0) is 9.53 Å². The zero-order valence-electron chi connectivity index (χ0n) is 14.6. The zero-order chi connectivity index (χ0) is 18.7. The van der Waals surface area contributed by atoms with Gasteiger partial charge >= 0.3 is 5.97 Å². The van der Waals surface area contributed by atoms with Gasteiger partial charge in [0.15, 0.2) is 17.9 Å². The van der Waals surface area contributed by atoms with Crippen LogP contribution in [0.25, 0.3) is 11.0 Å². The Kier molecular flexibility index (Phi) is 4.92. The van der Waals surface area contributed by atoms with Crippen molar-refractivity contribution in [2.45, 2.75) is 19.9 Å². The van der Waals surface area contributed by atoms with Crippen molar-refractivity contribution in [2.75, 3.05) is 13.7 Å². The molecule has 1 aromatic carbocycles. The number of hydrogen-bond donors (Lipinski definition) is 1. The maximum Gasteiger partial charge on any atom is 0.343 e. The summed E-state index contributed by atoms with van der Waals surface area (Å²) in [4.78, 5) is 23.5. The molecule has 26 heavy (non-hydrogen) atoms. The van der Waals surface area contributed by atoms with Crippen molar-refractivity contribution < 1.29 is 28.0 Å². The second-order valence-electron chi connectivity index (χ2n) is 5.68. The Morgan fingerprint density at radius 1 is 1.35 bits per heavy atom. The predicted octanol–water partition coefficient (Wildman–Crippen LogP) is 2.77. The molecule has 0 aliphatic rings. The molecule has 8 heteroatoms. The Morgan fingerprint density at radius 2 is 2.15 bits per heavy atom. The topological polar surface area (TPSA) is 104 Å². The molecule has 3 rings (SSSR count). The van der Waals surface area contributed by atoms with Gasteiger partial charge in [0.25, 0.3) is 5.91 Å². The third-order valence-electron chi connectivity index (χ3n) is 3.87. The lowest BCUT2D eigenvalue weighted by molar-refractivity contribution is -0.142. The van der Waals surface area contributed by atoms with Gasteiger partial charge in [0.05, 0.1) is 19.3 Å². The number of nitrogens with zero attached hydrogens (tertiary/aromatic N) is 1. The van der Waals surface area contributed by atoms with E-state index in [1.54, 1.807) is 26.0 Å². The van der Waals surface area contributed by atoms with Crippen molar-refractivity contribution in [3.63, 3.8) is 0 Å². The smallest absolute Gasteiger partial charge is 0.343 e. The number of amides is 1. The SMILES string of the molecule is COC(=O)COc1cccc2cc(C(C)NC(=O)c3cnoc3C)oc12. The van der Waals surface area contributed by atoms with Crippen LogP contribution in [0.5, 0.6) is 5.75 Å². The van der Waals surface area contributed by atoms with Crippen molar-refractivity contribution in [1.29, 1.82) is 0 Å². The summed E-state index contributed by atoms with van der Waals surface area (Å²) in [6.45, 7) is 3.25. The Hall–Kier alpha value is -3.29. The third kappa shape index (κ3) is 3.53. The Bertz CT molecular complexity index is 942. The first-order valence-electron chi connectivity index (χ1n) is 7.93. The van der Waals surface area contributed by atoms with Crippen molar-refractivity contribution in [1.82, 2.24) is 10.5 Å². The van der Waals surface area contributed by atoms with Crippen LogP contribution in [-0.4, -0.2) is 30.7 Å². The van der Waals surface area contributed by atoms with Crippen LogP contribution in [0.3, 0.4) is 0 Å². The van der Waals surface area contributed by atoms with Gasteiger partial charge in [0, 0.05) is 5.39 Å². The fraction of sp³-hybridized carbons (Fsp3) is 0.278. The normalized spacial score (nSPS) is 12.0. The molecule has 0 fully saturated rings. The summed E-state index contributed by atoms with van der Waals surface area (Å²) in [6, 6.07) is 6.76. The minimum atomic E-state index is -0.487. The minimum absolute atomic E-state index is 0.218. The Labute approximate surface area is 149 Å². The number of carbonyl (C=O) groups excluding carboxylic acids is 2. The molecule has 0 bridgehead atoms. The number of benzene rings is 1. The van der Waals surface area contributed by atoms with Gasteiger partial charge in [-0.1, -0.05) is 17.3 Å². The molecular weight excluding hydrogens is 340 g/mol. The maximum absolute atomic E-state index is 12.3. The van der Waals surface area contributed by atoms with Crippen LogP contribution in [0.15, 0.2) is 39.4 Å². The van der Waals surface area contributed by atoms with Crippen LogP contribution in [0.2, 0.25) is 0 Å². The average molecular weight is 358 g/mol. The average Bonchev–Trinajstić information content (AvgIpc) is 3.25. The van der Waals surface area contributed by atoms with E-state index in [0.717, 1.165) is 5.39 Å². The number of furan rings is 1. The van der Waals surface area contributed by atoms with Gasteiger partial charge < -0.3 is 23.7 Å². The van der Waals surface area contributed by atoms with E-state index in [1.807, 2.05) is 12.1 Å². The first-order valence-corrected chi connectivity index (χ1v) is 7.93. The van der Waals surface area contributed by atoms with Crippen LogP contribution in [0.4, 0.5) is 0 Å². The molecule has 0 aliphatic carbocycles. The summed E-state index contributed by atoms with van der Waals surface area (Å²) in [5, 5.41) is 7.22. The highest BCUT2D eigenvalue weighted by Crippen LogP contribution is 2.31. The number of aryl methyl sites for hydroxylation is 1. The van der Waals surface area contributed by atoms with E-state index in [2.05, 4.69) is 15.2 Å². The second kappa shape index (κ2) is 7.30. The molecule has 0 saturated carbocycles. The largest absolute Gasteiger partial charge is 0.478 e. The first kappa shape index (κ1) is 17.5. The number of rotatable bonds is 6. The van der Waals surface area contributed by atoms with Gasteiger partial charge in [-0.25, -0.2) is 4.79 Å². The molecular formula is C18H18N2O6. The molecule has 8 nitrogen and oxygen atoms in total. The van der Waals surface area contributed by atoms with E-state index < -0.39 is 12.0 Å². The van der Waals surface area contributed by atoms with E-state index in [1.165, 1.54) is 13.3 Å². The quantitative estimate of drug-likeness (QED) is 0.676. The molecule has 1 N–H and O–H groups in total. The predicted molar refractivity (Wildman–Crippen MR) is 90.8 cm³/mol. The number of aromatic nitrogens is 1. The number of para-hydroxylation sites is 1. The van der Waals surface area contributed by atoms with Crippen molar-refractivity contribution in [3.8, 4) is 5.75 Å². The number of esters is 1. The number of ether oxygens (including phenoxy) is 2. The highest BCUT2D eigenvalue weighted by molar-refractivity contribution is 5.95.